The van der Waals surface area contributed by atoms with Crippen LogP contribution in [0.5, 0.6) is 0 Å². The predicted octanol–water partition coefficient (Wildman–Crippen LogP) is 4.24. The van der Waals surface area contributed by atoms with Gasteiger partial charge in [0.2, 0.25) is 0 Å². The Morgan fingerprint density at radius 1 is 1.00 bits per heavy atom. The molecular weight excluding hydrogens is 206 g/mol. The van der Waals surface area contributed by atoms with Gasteiger partial charge in [0.05, 0.1) is 0 Å². The summed E-state index contributed by atoms with van der Waals surface area (Å²) in [5, 5.41) is 2.61. The first-order chi connectivity index (χ1) is 8.40. The maximum Gasteiger partial charge on any atom is 0.0497 e. The molecule has 0 fully saturated rings. The van der Waals surface area contributed by atoms with Gasteiger partial charge in [-0.2, -0.15) is 0 Å². The van der Waals surface area contributed by atoms with Gasteiger partial charge in [0.25, 0.3) is 0 Å². The molecule has 0 unspecified atom stereocenters. The summed E-state index contributed by atoms with van der Waals surface area (Å²) < 4.78 is 0. The van der Waals surface area contributed by atoms with Gasteiger partial charge in [-0.25, -0.2) is 0 Å². The Morgan fingerprint density at radius 3 is 2.71 bits per heavy atom. The summed E-state index contributed by atoms with van der Waals surface area (Å²) in [6.45, 7) is 3.66. The van der Waals surface area contributed by atoms with Crippen molar-refractivity contribution in [2.45, 2.75) is 12.8 Å². The summed E-state index contributed by atoms with van der Waals surface area (Å²) in [7, 11) is 0. The maximum absolute atomic E-state index is 3.66. The first kappa shape index (κ1) is 10.2. The van der Waals surface area contributed by atoms with Crippen LogP contribution in [0.15, 0.2) is 49.0 Å². The van der Waals surface area contributed by atoms with Crippen molar-refractivity contribution in [3.63, 3.8) is 0 Å². The van der Waals surface area contributed by atoms with E-state index in [-0.39, 0.29) is 0 Å². The number of benzene rings is 2. The molecule has 1 aromatic heterocycles. The van der Waals surface area contributed by atoms with Gasteiger partial charge in [-0.15, -0.1) is 0 Å². The highest BCUT2D eigenvalue weighted by atomic mass is 14.7. The van der Waals surface area contributed by atoms with Crippen molar-refractivity contribution in [2.24, 2.45) is 0 Å². The molecule has 0 atom stereocenters. The Hall–Kier alpha value is -2.02. The smallest absolute Gasteiger partial charge is 0.0497 e. The predicted molar refractivity (Wildman–Crippen MR) is 73.0 cm³/mol. The zero-order valence-electron chi connectivity index (χ0n) is 9.66. The molecule has 1 heteroatoms. The van der Waals surface area contributed by atoms with Crippen LogP contribution in [0.25, 0.3) is 21.8 Å². The number of hydrogen-bond acceptors (Lipinski definition) is 0. The summed E-state index contributed by atoms with van der Waals surface area (Å²) >= 11 is 0. The molecule has 0 saturated carbocycles. The number of nitrogens with one attached hydrogen (secondary N) is 1. The second kappa shape index (κ2) is 4.10. The molecule has 0 aliphatic carbocycles. The van der Waals surface area contributed by atoms with E-state index in [1.807, 2.05) is 0 Å². The van der Waals surface area contributed by atoms with Crippen LogP contribution in [0.3, 0.4) is 0 Å². The van der Waals surface area contributed by atoms with Gasteiger partial charge in [0.15, 0.2) is 0 Å². The Balaban J connectivity index is 2.27. The van der Waals surface area contributed by atoms with Crippen LogP contribution >= 0.6 is 0 Å². The van der Waals surface area contributed by atoms with E-state index in [4.69, 9.17) is 0 Å². The highest BCUT2D eigenvalue weighted by molar-refractivity contribution is 6.08. The lowest BCUT2D eigenvalue weighted by Crippen LogP contribution is -1.85. The van der Waals surface area contributed by atoms with Gasteiger partial charge in [-0.05, 0) is 24.5 Å². The van der Waals surface area contributed by atoms with Gasteiger partial charge < -0.3 is 4.98 Å². The highest BCUT2D eigenvalue weighted by Crippen LogP contribution is 2.27. The van der Waals surface area contributed by atoms with E-state index in [9.17, 15) is 0 Å². The lowest BCUT2D eigenvalue weighted by atomic mass is 10.1. The quantitative estimate of drug-likeness (QED) is 0.679. The fourth-order valence-corrected chi connectivity index (χ4v) is 2.37. The molecule has 0 spiro atoms. The zero-order valence-corrected chi connectivity index (χ0v) is 9.66. The number of para-hydroxylation sites is 2. The molecule has 0 saturated heterocycles. The summed E-state index contributed by atoms with van der Waals surface area (Å²) in [5.74, 6) is 0. The molecule has 17 heavy (non-hydrogen) atoms. The minimum atomic E-state index is 0.897. The molecule has 83 valence electrons. The number of fused-ring (bicyclic) bond motifs is 3. The normalized spacial score (nSPS) is 11.1. The van der Waals surface area contributed by atoms with Gasteiger partial charge in [-0.3, -0.25) is 0 Å². The molecule has 1 nitrogen and oxygen atoms in total. The van der Waals surface area contributed by atoms with Crippen molar-refractivity contribution in [3.8, 4) is 0 Å². The number of aryl methyl sites for hydroxylation is 1. The number of H-pyrrole nitrogens is 1. The topological polar surface area (TPSA) is 15.8 Å². The molecule has 0 aliphatic rings. The van der Waals surface area contributed by atoms with Crippen LogP contribution in [-0.4, -0.2) is 4.98 Å². The van der Waals surface area contributed by atoms with Crippen LogP contribution in [0.1, 0.15) is 12.0 Å². The number of hydrogen-bond donors (Lipinski definition) is 1. The first-order valence-corrected chi connectivity index (χ1v) is 5.88. The molecule has 1 radical (unpaired) electrons. The summed E-state index contributed by atoms with van der Waals surface area (Å²) in [4.78, 5) is 3.51. The van der Waals surface area contributed by atoms with Crippen LogP contribution in [0.4, 0.5) is 0 Å². The monoisotopic (exact) mass is 220 g/mol. The van der Waals surface area contributed by atoms with E-state index in [1.165, 1.54) is 27.4 Å². The minimum absolute atomic E-state index is 0.897. The Morgan fingerprint density at radius 2 is 1.82 bits per heavy atom. The third-order valence-corrected chi connectivity index (χ3v) is 3.20. The average Bonchev–Trinajstić information content (AvgIpc) is 2.75. The largest absolute Gasteiger partial charge is 0.354 e. The molecule has 0 amide bonds. The minimum Gasteiger partial charge on any atom is -0.354 e. The second-order valence-electron chi connectivity index (χ2n) is 4.26. The molecular formula is C16H14N. The molecule has 3 aromatic rings. The third-order valence-electron chi connectivity index (χ3n) is 3.20. The number of allylic oxidation sites excluding steroid dienone is 1. The summed E-state index contributed by atoms with van der Waals surface area (Å²) in [6.07, 6.45) is 4.84. The Bertz CT molecular complexity index is 676. The molecule has 2 aromatic carbocycles. The zero-order chi connectivity index (χ0) is 11.7. The second-order valence-corrected chi connectivity index (χ2v) is 4.26. The average molecular weight is 220 g/mol. The van der Waals surface area contributed by atoms with Crippen LogP contribution < -0.4 is 0 Å². The third kappa shape index (κ3) is 1.64. The summed E-state index contributed by atoms with van der Waals surface area (Å²) in [5.41, 5.74) is 3.80. The maximum atomic E-state index is 3.66. The molecule has 1 N–H and O–H groups in total. The van der Waals surface area contributed by atoms with Gasteiger partial charge in [0, 0.05) is 21.8 Å². The van der Waals surface area contributed by atoms with Crippen molar-refractivity contribution >= 4 is 21.8 Å². The van der Waals surface area contributed by atoms with Crippen LogP contribution in [-0.2, 0) is 6.42 Å². The standard InChI is InChI=1S/C16H14N/c1-2-3-7-12-8-6-10-14-13-9-4-5-11-15(13)17-16(12)14/h4-6,8-11,17H,1,3,7H2. The van der Waals surface area contributed by atoms with E-state index in [0.717, 1.165) is 12.8 Å². The van der Waals surface area contributed by atoms with Gasteiger partial charge in [0.1, 0.15) is 0 Å². The molecule has 1 heterocycles. The van der Waals surface area contributed by atoms with E-state index in [0.29, 0.717) is 0 Å². The van der Waals surface area contributed by atoms with E-state index < -0.39 is 0 Å². The van der Waals surface area contributed by atoms with E-state index in [1.54, 1.807) is 0 Å². The van der Waals surface area contributed by atoms with Crippen molar-refractivity contribution in [2.75, 3.05) is 0 Å². The van der Waals surface area contributed by atoms with E-state index in [2.05, 4.69) is 60.1 Å². The summed E-state index contributed by atoms with van der Waals surface area (Å²) in [6, 6.07) is 14.9. The Kier molecular flexibility index (Phi) is 2.45. The van der Waals surface area contributed by atoms with Gasteiger partial charge in [-0.1, -0.05) is 49.1 Å². The van der Waals surface area contributed by atoms with Crippen molar-refractivity contribution in [1.82, 2.24) is 4.98 Å². The first-order valence-electron chi connectivity index (χ1n) is 5.88. The molecule has 0 bridgehead atoms. The van der Waals surface area contributed by atoms with Crippen LogP contribution in [0.2, 0.25) is 0 Å². The number of rotatable bonds is 3. The Labute approximate surface area is 101 Å². The SMILES string of the molecule is C=[C]CCc1cccc2c1[nH]c1ccccc12. The fourth-order valence-electron chi connectivity index (χ4n) is 2.37. The molecule has 0 aliphatic heterocycles. The van der Waals surface area contributed by atoms with Gasteiger partial charge >= 0.3 is 0 Å². The van der Waals surface area contributed by atoms with Crippen molar-refractivity contribution in [3.05, 3.63) is 60.7 Å². The fraction of sp³-hybridized carbons (Fsp3) is 0.125. The van der Waals surface area contributed by atoms with Crippen LogP contribution in [0, 0.1) is 6.08 Å². The number of aromatic nitrogens is 1. The van der Waals surface area contributed by atoms with Crippen molar-refractivity contribution < 1.29 is 0 Å². The highest BCUT2D eigenvalue weighted by Gasteiger charge is 2.06. The lowest BCUT2D eigenvalue weighted by molar-refractivity contribution is 0.991. The van der Waals surface area contributed by atoms with E-state index >= 15 is 0 Å². The van der Waals surface area contributed by atoms with Crippen molar-refractivity contribution in [1.29, 1.82) is 0 Å². The number of aromatic amines is 1. The lowest BCUT2D eigenvalue weighted by Gasteiger charge is -2.00. The molecule has 3 rings (SSSR count).